The van der Waals surface area contributed by atoms with E-state index in [1.165, 1.54) is 11.0 Å². The normalized spacial score (nSPS) is 24.5. The molecule has 2 aromatic rings. The number of pyridine rings is 1. The molecule has 56 heavy (non-hydrogen) atoms. The van der Waals surface area contributed by atoms with Gasteiger partial charge in [-0.05, 0) is 75.1 Å². The Labute approximate surface area is 328 Å². The van der Waals surface area contributed by atoms with Crippen molar-refractivity contribution in [2.75, 3.05) is 44.9 Å². The number of morpholine rings is 1. The molecule has 17 heteroatoms. The molecule has 2 aliphatic heterocycles. The van der Waals surface area contributed by atoms with E-state index < -0.39 is 79.7 Å². The molecule has 2 saturated carbocycles. The molecule has 0 spiro atoms. The average molecular weight is 799 g/mol. The molecular formula is C39H54N6O10S. The van der Waals surface area contributed by atoms with Crippen LogP contribution in [0.2, 0.25) is 0 Å². The number of nitrogens with zero attached hydrogens (tertiary/aromatic N) is 3. The zero-order valence-corrected chi connectivity index (χ0v) is 34.0. The molecule has 4 amide bonds. The monoisotopic (exact) mass is 798 g/mol. The second-order valence-corrected chi connectivity index (χ2v) is 19.0. The van der Waals surface area contributed by atoms with Crippen molar-refractivity contribution in [1.82, 2.24) is 25.2 Å². The molecule has 4 aliphatic rings. The third-order valence-corrected chi connectivity index (χ3v) is 12.3. The summed E-state index contributed by atoms with van der Waals surface area (Å²) in [7, 11) is -2.33. The lowest BCUT2D eigenvalue weighted by molar-refractivity contribution is -0.143. The number of alkyl carbamates (subject to hydrolysis) is 1. The molecule has 6 rings (SSSR count). The zero-order chi connectivity index (χ0) is 40.8. The van der Waals surface area contributed by atoms with Gasteiger partial charge in [0.25, 0.3) is 5.91 Å². The van der Waals surface area contributed by atoms with Crippen LogP contribution in [0.15, 0.2) is 36.9 Å². The fraction of sp³-hybridized carbons (Fsp3) is 0.615. The van der Waals surface area contributed by atoms with Crippen molar-refractivity contribution in [2.24, 2.45) is 11.3 Å². The highest BCUT2D eigenvalue weighted by atomic mass is 32.2. The summed E-state index contributed by atoms with van der Waals surface area (Å²) in [4.78, 5) is 64.1. The van der Waals surface area contributed by atoms with Crippen molar-refractivity contribution in [3.8, 4) is 11.6 Å². The molecule has 16 nitrogen and oxygen atoms in total. The van der Waals surface area contributed by atoms with Gasteiger partial charge in [0.05, 0.1) is 32.1 Å². The van der Waals surface area contributed by atoms with E-state index in [1.54, 1.807) is 54.7 Å². The number of benzene rings is 1. The minimum absolute atomic E-state index is 0.00118. The summed E-state index contributed by atoms with van der Waals surface area (Å²) in [5.74, 6) is -1.03. The van der Waals surface area contributed by atoms with Gasteiger partial charge in [-0.2, -0.15) is 4.98 Å². The van der Waals surface area contributed by atoms with Crippen LogP contribution in [0.1, 0.15) is 67.2 Å². The molecule has 1 aromatic carbocycles. The number of hydrogen-bond acceptors (Lipinski definition) is 12. The first-order valence-corrected chi connectivity index (χ1v) is 20.6. The van der Waals surface area contributed by atoms with E-state index >= 15 is 0 Å². The van der Waals surface area contributed by atoms with Crippen molar-refractivity contribution in [3.05, 3.63) is 36.9 Å². The Balaban J connectivity index is 1.33. The summed E-state index contributed by atoms with van der Waals surface area (Å²) in [5, 5.41) is 6.37. The first kappa shape index (κ1) is 41.0. The molecule has 1 aromatic heterocycles. The van der Waals surface area contributed by atoms with Gasteiger partial charge in [0.15, 0.2) is 0 Å². The van der Waals surface area contributed by atoms with Gasteiger partial charge in [0, 0.05) is 30.8 Å². The number of likely N-dealkylation sites (tertiary alicyclic amines) is 1. The highest BCUT2D eigenvalue weighted by molar-refractivity contribution is 7.91. The number of rotatable bonds is 12. The second-order valence-electron chi connectivity index (χ2n) is 17.1. The predicted octanol–water partition coefficient (Wildman–Crippen LogP) is 3.04. The van der Waals surface area contributed by atoms with Gasteiger partial charge in [-0.25, -0.2) is 13.2 Å². The minimum Gasteiger partial charge on any atom is -0.497 e. The first-order valence-electron chi connectivity index (χ1n) is 19.0. The highest BCUT2D eigenvalue weighted by Crippen LogP contribution is 2.46. The maximum absolute atomic E-state index is 14.7. The molecule has 0 bridgehead atoms. The number of methoxy groups -OCH3 is 1. The topological polar surface area (TPSA) is 195 Å². The van der Waals surface area contributed by atoms with Crippen molar-refractivity contribution < 1.29 is 46.5 Å². The molecule has 2 unspecified atom stereocenters. The summed E-state index contributed by atoms with van der Waals surface area (Å²) in [5.41, 5.74) is -3.25. The SMILES string of the molecule is C=C[C@@H]1C[C@]1(NC(=O)[C@@H]1CC(Oc2nc(N3CCOCC3)cc3cc(OC)ccc23)CN1C(=O)C(NC(=O)OC(C)(C)C)C(C)(C)C)C(=O)NS(=O)(=O)C1CC1. The summed E-state index contributed by atoms with van der Waals surface area (Å²) in [6, 6.07) is 5.15. The predicted molar refractivity (Wildman–Crippen MR) is 208 cm³/mol. The summed E-state index contributed by atoms with van der Waals surface area (Å²) in [6.45, 7) is 16.5. The molecule has 0 radical (unpaired) electrons. The van der Waals surface area contributed by atoms with Crippen LogP contribution in [0.3, 0.4) is 0 Å². The Morgan fingerprint density at radius 2 is 1.77 bits per heavy atom. The van der Waals surface area contributed by atoms with Gasteiger partial charge >= 0.3 is 6.09 Å². The minimum atomic E-state index is -3.92. The van der Waals surface area contributed by atoms with E-state index in [4.69, 9.17) is 23.9 Å². The largest absolute Gasteiger partial charge is 0.497 e. The summed E-state index contributed by atoms with van der Waals surface area (Å²) < 4.78 is 50.9. The Morgan fingerprint density at radius 3 is 2.36 bits per heavy atom. The van der Waals surface area contributed by atoms with Gasteiger partial charge in [0.2, 0.25) is 27.7 Å². The average Bonchev–Trinajstić information content (AvgIpc) is 4.06. The molecule has 2 saturated heterocycles. The number of amides is 4. The van der Waals surface area contributed by atoms with Crippen LogP contribution in [0.5, 0.6) is 11.6 Å². The number of ether oxygens (including phenoxy) is 4. The molecule has 4 fully saturated rings. The van der Waals surface area contributed by atoms with Crippen molar-refractivity contribution >= 4 is 50.4 Å². The number of aromatic nitrogens is 1. The highest BCUT2D eigenvalue weighted by Gasteiger charge is 2.62. The lowest BCUT2D eigenvalue weighted by atomic mass is 9.85. The smallest absolute Gasteiger partial charge is 0.408 e. The van der Waals surface area contributed by atoms with Crippen molar-refractivity contribution in [2.45, 2.75) is 102 Å². The second kappa shape index (κ2) is 15.4. The van der Waals surface area contributed by atoms with E-state index in [1.807, 2.05) is 18.2 Å². The van der Waals surface area contributed by atoms with Gasteiger partial charge < -0.3 is 39.4 Å². The molecule has 3 N–H and O–H groups in total. The molecule has 306 valence electrons. The van der Waals surface area contributed by atoms with Crippen molar-refractivity contribution in [1.29, 1.82) is 0 Å². The number of anilines is 1. The lowest BCUT2D eigenvalue weighted by Gasteiger charge is -2.36. The van der Waals surface area contributed by atoms with Crippen LogP contribution in [0.25, 0.3) is 10.8 Å². The van der Waals surface area contributed by atoms with Gasteiger partial charge in [0.1, 0.15) is 40.9 Å². The lowest BCUT2D eigenvalue weighted by Crippen LogP contribution is -2.60. The number of nitrogens with one attached hydrogen (secondary N) is 3. The van der Waals surface area contributed by atoms with Gasteiger partial charge in [-0.1, -0.05) is 26.8 Å². The molecule has 3 heterocycles. The maximum atomic E-state index is 14.7. The molecular weight excluding hydrogens is 745 g/mol. The van der Waals surface area contributed by atoms with Crippen LogP contribution >= 0.6 is 0 Å². The van der Waals surface area contributed by atoms with E-state index in [2.05, 4.69) is 26.8 Å². The van der Waals surface area contributed by atoms with Crippen molar-refractivity contribution in [3.63, 3.8) is 0 Å². The van der Waals surface area contributed by atoms with Gasteiger partial charge in [-0.15, -0.1) is 6.58 Å². The first-order chi connectivity index (χ1) is 26.2. The Kier molecular flexibility index (Phi) is 11.3. The fourth-order valence-corrected chi connectivity index (χ4v) is 8.52. The fourth-order valence-electron chi connectivity index (χ4n) is 7.15. The molecule has 5 atom stereocenters. The molecule has 2 aliphatic carbocycles. The number of carbonyl (C=O) groups is 4. The van der Waals surface area contributed by atoms with Crippen LogP contribution in [-0.4, -0.2) is 117 Å². The van der Waals surface area contributed by atoms with E-state index in [9.17, 15) is 27.6 Å². The maximum Gasteiger partial charge on any atom is 0.408 e. The number of carbonyl (C=O) groups excluding carboxylic acids is 4. The van der Waals surface area contributed by atoms with Crippen LogP contribution in [-0.2, 0) is 33.9 Å². The number of sulfonamides is 1. The Morgan fingerprint density at radius 1 is 1.07 bits per heavy atom. The number of fused-ring (bicyclic) bond motifs is 1. The third kappa shape index (κ3) is 8.98. The Hall–Kier alpha value is -4.64. The van der Waals surface area contributed by atoms with Crippen LogP contribution in [0, 0.1) is 11.3 Å². The van der Waals surface area contributed by atoms with E-state index in [-0.39, 0.29) is 19.4 Å². The summed E-state index contributed by atoms with van der Waals surface area (Å²) >= 11 is 0. The zero-order valence-electron chi connectivity index (χ0n) is 33.2. The summed E-state index contributed by atoms with van der Waals surface area (Å²) in [6.07, 6.45) is 0.972. The van der Waals surface area contributed by atoms with Crippen LogP contribution in [0.4, 0.5) is 10.6 Å². The van der Waals surface area contributed by atoms with E-state index in [0.717, 1.165) is 5.39 Å². The van der Waals surface area contributed by atoms with Crippen LogP contribution < -0.4 is 29.7 Å². The Bertz CT molecular complexity index is 1990. The van der Waals surface area contributed by atoms with E-state index in [0.29, 0.717) is 62.0 Å². The number of hydrogen-bond donors (Lipinski definition) is 3. The third-order valence-electron chi connectivity index (χ3n) is 10.5. The van der Waals surface area contributed by atoms with Gasteiger partial charge in [-0.3, -0.25) is 19.1 Å². The standard InChI is InChI=1S/C39H54N6O10S/c1-9-24-21-39(24,35(48)43-56(50,51)27-11-12-27)42-32(46)29-20-26(22-45(29)34(47)31(37(2,3)4)41-36(49)55-38(5,6)7)54-33-28-13-10-25(52-8)18-23(28)19-30(40-33)44-14-16-53-17-15-44/h9-10,13,18-19,24,26-27,29,31H,1,11-12,14-17,20-22H2,2-8H3,(H,41,49)(H,42,46)(H,43,48)/t24-,26?,29+,31?,39-/m1/s1. The quantitative estimate of drug-likeness (QED) is 0.266.